The average molecular weight is 869 g/mol. The van der Waals surface area contributed by atoms with Crippen molar-refractivity contribution in [1.82, 2.24) is 40.4 Å². The van der Waals surface area contributed by atoms with Crippen molar-refractivity contribution in [3.8, 4) is 33.6 Å². The second-order valence-electron chi connectivity index (χ2n) is 17.2. The smallest absolute Gasteiger partial charge is 0.407 e. The predicted octanol–water partition coefficient (Wildman–Crippen LogP) is 7.80. The number of alkyl carbamates (subject to hydrolysis) is 2. The number of hydrogen-bond donors (Lipinski definition) is 4. The van der Waals surface area contributed by atoms with Crippen molar-refractivity contribution in [2.45, 2.75) is 94.5 Å². The molecule has 2 aliphatic heterocycles. The molecule has 4 aromatic rings. The molecule has 0 bridgehead atoms. The molecule has 8 rings (SSSR count). The third-order valence-electron chi connectivity index (χ3n) is 12.8. The van der Waals surface area contributed by atoms with Gasteiger partial charge in [-0.3, -0.25) is 9.59 Å². The summed E-state index contributed by atoms with van der Waals surface area (Å²) >= 11 is 3.33. The van der Waals surface area contributed by atoms with Crippen molar-refractivity contribution in [2.24, 2.45) is 11.8 Å². The van der Waals surface area contributed by atoms with Gasteiger partial charge in [-0.2, -0.15) is 0 Å². The Balaban J connectivity index is 1.04. The van der Waals surface area contributed by atoms with Crippen molar-refractivity contribution < 1.29 is 28.7 Å². The van der Waals surface area contributed by atoms with Crippen LogP contribution < -0.4 is 10.6 Å². The second kappa shape index (κ2) is 17.8. The van der Waals surface area contributed by atoms with Crippen LogP contribution in [0.25, 0.3) is 33.6 Å². The zero-order valence-electron chi connectivity index (χ0n) is 35.7. The van der Waals surface area contributed by atoms with Crippen molar-refractivity contribution in [3.05, 3.63) is 71.6 Å². The predicted molar refractivity (Wildman–Crippen MR) is 238 cm³/mol. The molecule has 3 fully saturated rings. The summed E-state index contributed by atoms with van der Waals surface area (Å²) in [5.41, 5.74) is 9.41. The maximum absolute atomic E-state index is 13.8. The van der Waals surface area contributed by atoms with Gasteiger partial charge in [0.05, 0.1) is 38.0 Å². The highest BCUT2D eigenvalue weighted by atomic mass is 32.2. The first kappa shape index (κ1) is 42.7. The Morgan fingerprint density at radius 3 is 1.72 bits per heavy atom. The molecule has 2 aliphatic carbocycles. The van der Waals surface area contributed by atoms with Gasteiger partial charge in [-0.05, 0) is 70.8 Å². The van der Waals surface area contributed by atoms with Crippen LogP contribution in [0.3, 0.4) is 0 Å². The number of ether oxygens (including phenoxy) is 2. The van der Waals surface area contributed by atoms with Crippen molar-refractivity contribution in [2.75, 3.05) is 38.8 Å². The summed E-state index contributed by atoms with van der Waals surface area (Å²) < 4.78 is 9.61. The van der Waals surface area contributed by atoms with Gasteiger partial charge in [0.15, 0.2) is 0 Å². The summed E-state index contributed by atoms with van der Waals surface area (Å²) in [5, 5.41) is 4.87. The Bertz CT molecular complexity index is 2270. The third-order valence-corrected chi connectivity index (χ3v) is 15.3. The SMILES string of the molecule is COC(=O)N[C@H](C(=O)N1CCS[C@H]1c1ncc(-c2ccc(-c3ccc(-c4cnc([C@@H]5SCCN5C(=O)[C@@H](NC(=O)OC)C(C)C)[nH]4)c4c3C3(CCCC3)CC4)cc2)[nH]1)C(C)C. The Kier molecular flexibility index (Phi) is 12.5. The van der Waals surface area contributed by atoms with Gasteiger partial charge < -0.3 is 39.9 Å². The highest BCUT2D eigenvalue weighted by Crippen LogP contribution is 2.55. The highest BCUT2D eigenvalue weighted by Gasteiger charge is 2.44. The van der Waals surface area contributed by atoms with Crippen LogP contribution in [0.15, 0.2) is 48.8 Å². The van der Waals surface area contributed by atoms with Gasteiger partial charge in [0, 0.05) is 30.2 Å². The number of hydrogen-bond acceptors (Lipinski definition) is 10. The van der Waals surface area contributed by atoms with Crippen LogP contribution in [-0.4, -0.2) is 105 Å². The topological polar surface area (TPSA) is 175 Å². The summed E-state index contributed by atoms with van der Waals surface area (Å²) in [5.74, 6) is 2.46. The maximum Gasteiger partial charge on any atom is 0.407 e. The summed E-state index contributed by atoms with van der Waals surface area (Å²) in [6, 6.07) is 11.8. The van der Waals surface area contributed by atoms with E-state index in [9.17, 15) is 19.2 Å². The number of nitrogens with zero attached hydrogens (tertiary/aromatic N) is 4. The van der Waals surface area contributed by atoms with E-state index in [0.717, 1.165) is 52.7 Å². The fourth-order valence-corrected chi connectivity index (χ4v) is 12.1. The molecule has 16 heteroatoms. The van der Waals surface area contributed by atoms with E-state index in [1.165, 1.54) is 62.2 Å². The van der Waals surface area contributed by atoms with Gasteiger partial charge in [-0.1, -0.05) is 76.9 Å². The number of carbonyl (C=O) groups is 4. The van der Waals surface area contributed by atoms with Gasteiger partial charge in [-0.15, -0.1) is 23.5 Å². The number of imidazole rings is 2. The summed E-state index contributed by atoms with van der Waals surface area (Å²) in [4.78, 5) is 72.0. The largest absolute Gasteiger partial charge is 0.453 e. The van der Waals surface area contributed by atoms with Crippen LogP contribution in [0.5, 0.6) is 0 Å². The van der Waals surface area contributed by atoms with E-state index in [4.69, 9.17) is 19.4 Å². The number of aromatic amines is 2. The minimum atomic E-state index is -0.701. The van der Waals surface area contributed by atoms with Gasteiger partial charge in [0.25, 0.3) is 0 Å². The Hall–Kier alpha value is -4.96. The number of thioether (sulfide) groups is 2. The normalized spacial score (nSPS) is 20.3. The van der Waals surface area contributed by atoms with Crippen molar-refractivity contribution in [1.29, 1.82) is 0 Å². The molecule has 4 atom stereocenters. The lowest BCUT2D eigenvalue weighted by Gasteiger charge is -2.29. The number of methoxy groups -OCH3 is 2. The number of amides is 4. The molecule has 4 amide bonds. The third kappa shape index (κ3) is 8.25. The number of nitrogens with one attached hydrogen (secondary N) is 4. The zero-order valence-corrected chi connectivity index (χ0v) is 37.3. The lowest BCUT2D eigenvalue weighted by atomic mass is 9.76. The molecule has 1 saturated carbocycles. The van der Waals surface area contributed by atoms with Gasteiger partial charge in [-0.25, -0.2) is 19.6 Å². The molecule has 2 saturated heterocycles. The standard InChI is InChI=1S/C45H56N8O6S2/c1-25(2)35(50-43(56)58-5)39(54)52-19-21-60-41(52)37-46-23-32(48-37)28-11-9-27(10-12-28)29-13-14-30(31-15-18-45(34(29)31)16-7-8-17-45)33-24-47-38(49-33)42-53(20-22-61-42)40(55)36(26(3)4)51-44(57)59-6/h9-14,23-26,35-36,41-42H,7-8,15-22H2,1-6H3,(H,46,48)(H,47,49)(H,50,56)(H,51,57)/t35-,36-,41-,42-/m0/s1. The molecule has 0 radical (unpaired) electrons. The van der Waals surface area contributed by atoms with Crippen LogP contribution in [-0.2, 0) is 30.9 Å². The lowest BCUT2D eigenvalue weighted by Crippen LogP contribution is -2.51. The highest BCUT2D eigenvalue weighted by molar-refractivity contribution is 8.00. The first-order valence-corrected chi connectivity index (χ1v) is 23.4. The van der Waals surface area contributed by atoms with E-state index in [0.29, 0.717) is 18.9 Å². The Labute approximate surface area is 365 Å². The molecule has 2 aromatic heterocycles. The molecule has 0 unspecified atom stereocenters. The number of aromatic nitrogens is 4. The molecule has 4 N–H and O–H groups in total. The van der Waals surface area contributed by atoms with Gasteiger partial charge in [0.2, 0.25) is 11.8 Å². The van der Waals surface area contributed by atoms with Gasteiger partial charge >= 0.3 is 12.2 Å². The molecule has 14 nitrogen and oxygen atoms in total. The first-order valence-electron chi connectivity index (χ1n) is 21.3. The zero-order chi connectivity index (χ0) is 43.0. The quantitative estimate of drug-likeness (QED) is 0.116. The van der Waals surface area contributed by atoms with E-state index in [1.807, 2.05) is 45.0 Å². The monoisotopic (exact) mass is 868 g/mol. The number of fused-ring (bicyclic) bond motifs is 2. The van der Waals surface area contributed by atoms with E-state index < -0.39 is 24.3 Å². The summed E-state index contributed by atoms with van der Waals surface area (Å²) in [7, 11) is 2.60. The number of benzene rings is 2. The molecule has 4 aliphatic rings. The molecule has 4 heterocycles. The minimum Gasteiger partial charge on any atom is -0.453 e. The first-order chi connectivity index (χ1) is 29.4. The Morgan fingerprint density at radius 1 is 0.705 bits per heavy atom. The molecule has 61 heavy (non-hydrogen) atoms. The molecule has 324 valence electrons. The number of H-pyrrole nitrogens is 2. The maximum atomic E-state index is 13.8. The van der Waals surface area contributed by atoms with E-state index in [-0.39, 0.29) is 39.8 Å². The molecule has 2 aromatic carbocycles. The molecular weight excluding hydrogens is 813 g/mol. The van der Waals surface area contributed by atoms with Gasteiger partial charge in [0.1, 0.15) is 34.5 Å². The van der Waals surface area contributed by atoms with E-state index in [1.54, 1.807) is 28.4 Å². The Morgan fingerprint density at radius 2 is 1.20 bits per heavy atom. The van der Waals surface area contributed by atoms with Crippen LogP contribution >= 0.6 is 23.5 Å². The lowest BCUT2D eigenvalue weighted by molar-refractivity contribution is -0.135. The summed E-state index contributed by atoms with van der Waals surface area (Å²) in [6.07, 6.45) is 9.44. The average Bonchev–Trinajstić information content (AvgIpc) is 4.13. The number of carbonyl (C=O) groups excluding carboxylic acids is 4. The van der Waals surface area contributed by atoms with Crippen molar-refractivity contribution in [3.63, 3.8) is 0 Å². The van der Waals surface area contributed by atoms with E-state index in [2.05, 4.69) is 57.0 Å². The fourth-order valence-electron chi connectivity index (χ4n) is 9.68. The summed E-state index contributed by atoms with van der Waals surface area (Å²) in [6.45, 7) is 8.78. The van der Waals surface area contributed by atoms with E-state index >= 15 is 0 Å². The molecular formula is C45H56N8O6S2. The minimum absolute atomic E-state index is 0.114. The van der Waals surface area contributed by atoms with Crippen LogP contribution in [0.1, 0.15) is 93.3 Å². The van der Waals surface area contributed by atoms with Crippen molar-refractivity contribution >= 4 is 47.5 Å². The van der Waals surface area contributed by atoms with Crippen LogP contribution in [0, 0.1) is 11.8 Å². The fraction of sp³-hybridized carbons (Fsp3) is 0.511. The molecule has 1 spiro atoms. The van der Waals surface area contributed by atoms with Crippen LogP contribution in [0.2, 0.25) is 0 Å². The van der Waals surface area contributed by atoms with Crippen LogP contribution in [0.4, 0.5) is 9.59 Å². The number of rotatable bonds is 11. The second-order valence-corrected chi connectivity index (χ2v) is 19.5.